The Kier molecular flexibility index (Phi) is 2.27. The van der Waals surface area contributed by atoms with E-state index >= 15 is 0 Å². The smallest absolute Gasteiger partial charge is 0.113 e. The number of benzene rings is 2. The molecule has 2 aromatic carbocycles. The Morgan fingerprint density at radius 3 is 2.89 bits per heavy atom. The van der Waals surface area contributed by atoms with Crippen molar-refractivity contribution >= 4 is 16.7 Å². The first-order valence-electron chi connectivity index (χ1n) is 6.56. The minimum Gasteiger partial charge on any atom is -0.385 e. The Morgan fingerprint density at radius 2 is 1.89 bits per heavy atom. The van der Waals surface area contributed by atoms with E-state index in [2.05, 4.69) is 50.6 Å². The van der Waals surface area contributed by atoms with E-state index in [9.17, 15) is 0 Å². The second-order valence-corrected chi connectivity index (χ2v) is 4.84. The topological polar surface area (TPSA) is 42.7 Å². The Bertz CT molecular complexity index is 732. The number of hydrogen-bond donors (Lipinski definition) is 1. The molecular formula is C15H14N4. The fourth-order valence-electron chi connectivity index (χ4n) is 2.82. The van der Waals surface area contributed by atoms with E-state index in [-0.39, 0.29) is 6.04 Å². The van der Waals surface area contributed by atoms with Crippen molar-refractivity contribution in [3.63, 3.8) is 0 Å². The van der Waals surface area contributed by atoms with Crippen LogP contribution in [0.5, 0.6) is 0 Å². The predicted molar refractivity (Wildman–Crippen MR) is 75.2 cm³/mol. The van der Waals surface area contributed by atoms with Crippen molar-refractivity contribution in [3.05, 3.63) is 54.1 Å². The van der Waals surface area contributed by atoms with Crippen molar-refractivity contribution in [3.8, 4) is 0 Å². The van der Waals surface area contributed by atoms with E-state index in [1.807, 2.05) is 18.2 Å². The van der Waals surface area contributed by atoms with Gasteiger partial charge in [-0.05, 0) is 30.2 Å². The number of aromatic nitrogens is 3. The third kappa shape index (κ3) is 1.60. The molecule has 1 atom stereocenters. The Morgan fingerprint density at radius 1 is 1.05 bits per heavy atom. The van der Waals surface area contributed by atoms with Crippen molar-refractivity contribution in [2.75, 3.05) is 11.9 Å². The first-order chi connectivity index (χ1) is 9.43. The van der Waals surface area contributed by atoms with Gasteiger partial charge in [0, 0.05) is 12.2 Å². The van der Waals surface area contributed by atoms with Gasteiger partial charge in [0.1, 0.15) is 5.52 Å². The average Bonchev–Trinajstić information content (AvgIpc) is 2.90. The maximum atomic E-state index is 4.36. The van der Waals surface area contributed by atoms with Crippen LogP contribution >= 0.6 is 0 Å². The van der Waals surface area contributed by atoms with Crippen molar-refractivity contribution in [1.29, 1.82) is 0 Å². The van der Waals surface area contributed by atoms with Crippen LogP contribution in [0.4, 0.5) is 5.69 Å². The molecule has 4 heteroatoms. The lowest BCUT2D eigenvalue weighted by Crippen LogP contribution is -2.22. The largest absolute Gasteiger partial charge is 0.385 e. The van der Waals surface area contributed by atoms with Crippen LogP contribution in [-0.2, 0) is 0 Å². The fourth-order valence-corrected chi connectivity index (χ4v) is 2.82. The zero-order chi connectivity index (χ0) is 12.7. The van der Waals surface area contributed by atoms with E-state index in [0.717, 1.165) is 24.0 Å². The molecule has 0 fully saturated rings. The van der Waals surface area contributed by atoms with E-state index in [4.69, 9.17) is 0 Å². The van der Waals surface area contributed by atoms with Gasteiger partial charge >= 0.3 is 0 Å². The van der Waals surface area contributed by atoms with Crippen molar-refractivity contribution < 1.29 is 0 Å². The summed E-state index contributed by atoms with van der Waals surface area (Å²) in [5.74, 6) is 0. The molecule has 3 aromatic rings. The third-order valence-corrected chi connectivity index (χ3v) is 3.73. The molecule has 4 nitrogen and oxygen atoms in total. The molecule has 19 heavy (non-hydrogen) atoms. The molecule has 0 amide bonds. The summed E-state index contributed by atoms with van der Waals surface area (Å²) in [4.78, 5) is 0. The summed E-state index contributed by atoms with van der Waals surface area (Å²) in [6.07, 6.45) is 1.03. The van der Waals surface area contributed by atoms with Gasteiger partial charge in [0.2, 0.25) is 0 Å². The summed E-state index contributed by atoms with van der Waals surface area (Å²) in [6.45, 7) is 0.968. The highest BCUT2D eigenvalue weighted by molar-refractivity contribution is 5.74. The van der Waals surface area contributed by atoms with Gasteiger partial charge in [-0.15, -0.1) is 5.10 Å². The van der Waals surface area contributed by atoms with E-state index in [0.29, 0.717) is 0 Å². The molecule has 2 heterocycles. The number of nitrogens with zero attached hydrogens (tertiary/aromatic N) is 3. The lowest BCUT2D eigenvalue weighted by molar-refractivity contribution is 0.490. The summed E-state index contributed by atoms with van der Waals surface area (Å²) in [5.41, 5.74) is 4.56. The molecule has 0 bridgehead atoms. The lowest BCUT2D eigenvalue weighted by Gasteiger charge is -2.26. The van der Waals surface area contributed by atoms with Gasteiger partial charge in [0.25, 0.3) is 0 Å². The van der Waals surface area contributed by atoms with Gasteiger partial charge in [0.15, 0.2) is 0 Å². The predicted octanol–water partition coefficient (Wildman–Crippen LogP) is 2.84. The number of para-hydroxylation sites is 2. The highest BCUT2D eigenvalue weighted by Crippen LogP contribution is 2.33. The van der Waals surface area contributed by atoms with Crippen LogP contribution in [0.3, 0.4) is 0 Å². The van der Waals surface area contributed by atoms with Crippen LogP contribution in [0.25, 0.3) is 11.0 Å². The molecule has 0 aliphatic carbocycles. The summed E-state index contributed by atoms with van der Waals surface area (Å²) in [5, 5.41) is 12.1. The monoisotopic (exact) mass is 250 g/mol. The lowest BCUT2D eigenvalue weighted by atomic mass is 9.98. The molecule has 0 saturated carbocycles. The highest BCUT2D eigenvalue weighted by atomic mass is 15.4. The third-order valence-electron chi connectivity index (χ3n) is 3.73. The van der Waals surface area contributed by atoms with Gasteiger partial charge in [-0.25, -0.2) is 4.68 Å². The van der Waals surface area contributed by atoms with E-state index in [1.54, 1.807) is 0 Å². The molecule has 1 aliphatic heterocycles. The second-order valence-electron chi connectivity index (χ2n) is 4.84. The first kappa shape index (κ1) is 10.6. The van der Waals surface area contributed by atoms with Gasteiger partial charge < -0.3 is 5.32 Å². The normalized spacial score (nSPS) is 18.0. The first-order valence-corrected chi connectivity index (χ1v) is 6.56. The quantitative estimate of drug-likeness (QED) is 0.722. The molecule has 1 N–H and O–H groups in total. The van der Waals surface area contributed by atoms with Gasteiger partial charge in [0.05, 0.1) is 11.6 Å². The Balaban J connectivity index is 1.90. The molecule has 1 aliphatic rings. The van der Waals surface area contributed by atoms with Crippen LogP contribution in [-0.4, -0.2) is 21.5 Å². The van der Waals surface area contributed by atoms with E-state index < -0.39 is 0 Å². The molecule has 0 spiro atoms. The second kappa shape index (κ2) is 4.09. The number of nitrogens with one attached hydrogen (secondary N) is 1. The van der Waals surface area contributed by atoms with Crippen LogP contribution in [0, 0.1) is 0 Å². The summed E-state index contributed by atoms with van der Waals surface area (Å²) in [7, 11) is 0. The maximum Gasteiger partial charge on any atom is 0.113 e. The summed E-state index contributed by atoms with van der Waals surface area (Å²) >= 11 is 0. The van der Waals surface area contributed by atoms with E-state index in [1.165, 1.54) is 11.3 Å². The van der Waals surface area contributed by atoms with Gasteiger partial charge in [-0.2, -0.15) is 0 Å². The molecule has 94 valence electrons. The summed E-state index contributed by atoms with van der Waals surface area (Å²) < 4.78 is 2.05. The molecule has 0 radical (unpaired) electrons. The van der Waals surface area contributed by atoms with Crippen LogP contribution < -0.4 is 5.32 Å². The number of fused-ring (bicyclic) bond motifs is 2. The molecule has 4 rings (SSSR count). The van der Waals surface area contributed by atoms with Crippen LogP contribution in [0.15, 0.2) is 48.5 Å². The molecular weight excluding hydrogens is 236 g/mol. The SMILES string of the molecule is c1ccc2c(c1)NCCC2n1nnc2ccccc21. The minimum absolute atomic E-state index is 0.268. The number of rotatable bonds is 1. The number of hydrogen-bond acceptors (Lipinski definition) is 3. The molecule has 0 saturated heterocycles. The summed E-state index contributed by atoms with van der Waals surface area (Å²) in [6, 6.07) is 16.8. The van der Waals surface area contributed by atoms with Crippen molar-refractivity contribution in [1.82, 2.24) is 15.0 Å². The highest BCUT2D eigenvalue weighted by Gasteiger charge is 2.23. The maximum absolute atomic E-state index is 4.36. The Hall–Kier alpha value is -2.36. The number of anilines is 1. The fraction of sp³-hybridized carbons (Fsp3) is 0.200. The van der Waals surface area contributed by atoms with Gasteiger partial charge in [-0.1, -0.05) is 35.5 Å². The zero-order valence-electron chi connectivity index (χ0n) is 10.5. The van der Waals surface area contributed by atoms with Crippen LogP contribution in [0.2, 0.25) is 0 Å². The molecule has 1 aromatic heterocycles. The van der Waals surface area contributed by atoms with Crippen LogP contribution in [0.1, 0.15) is 18.0 Å². The van der Waals surface area contributed by atoms with Crippen molar-refractivity contribution in [2.45, 2.75) is 12.5 Å². The zero-order valence-corrected chi connectivity index (χ0v) is 10.5. The minimum atomic E-state index is 0.268. The van der Waals surface area contributed by atoms with Crippen molar-refractivity contribution in [2.24, 2.45) is 0 Å². The standard InChI is InChI=1S/C15H14N4/c1-2-6-12-11(5-1)14(9-10-16-12)19-15-8-4-3-7-13(15)17-18-19/h1-8,14,16H,9-10H2. The van der Waals surface area contributed by atoms with Gasteiger partial charge in [-0.3, -0.25) is 0 Å². The molecule has 1 unspecified atom stereocenters. The Labute approximate surface area is 111 Å². The average molecular weight is 250 g/mol.